The fourth-order valence-electron chi connectivity index (χ4n) is 13.6. The summed E-state index contributed by atoms with van der Waals surface area (Å²) in [6.45, 7) is 9.94. The third kappa shape index (κ3) is 26.6. The Hall–Kier alpha value is -3.20. The molecular formula is C54H102N8O18P2. The van der Waals surface area contributed by atoms with Gasteiger partial charge in [-0.05, 0) is 90.9 Å². The van der Waals surface area contributed by atoms with Gasteiger partial charge in [0, 0.05) is 74.5 Å². The molecule has 26 nitrogen and oxygen atoms in total. The maximum atomic E-state index is 12.2. The number of hydrogen-bond acceptors (Lipinski definition) is 19. The van der Waals surface area contributed by atoms with Gasteiger partial charge in [-0.25, -0.2) is 4.90 Å². The van der Waals surface area contributed by atoms with Gasteiger partial charge in [-0.3, -0.25) is 67.3 Å². The third-order valence-electron chi connectivity index (χ3n) is 17.2. The quantitative estimate of drug-likeness (QED) is 0.0150. The number of carbonyl (C=O) groups is 6. The standard InChI is InChI=1S/C32H54N4O12.C22H48N4O6P2/c1-2-3-4-9-25(14-33(16-30(40)41)26-10-5-6-11-27(26)34(17-31(42)43)18-32(44)45)15-35(19-46-22-37)28-12-7-8-13-29(28)36(20-47-23-38)21-48-24-39;1-5-23(3)19-11-7-9-13-21(19)25(6-2)15-16-26(18-34(30,31)32)22-14-10-8-12-20(22)24(4)17-33(27,28)29/h22-29H,2-21H2,1H3,(H,40,41)(H,42,43)(H,44,45);19-22H,5-18H2,1-4H3,(H2,27,28,29)(H2,30,31,32)/t25?,26-,27-,28+,29+;19-,20+,21-,22+/m01/s1. The summed E-state index contributed by atoms with van der Waals surface area (Å²) >= 11 is 0. The second kappa shape index (κ2) is 38.8. The first kappa shape index (κ1) is 73.1. The van der Waals surface area contributed by atoms with Crippen LogP contribution in [0.1, 0.15) is 149 Å². The van der Waals surface area contributed by atoms with E-state index < -0.39 is 52.2 Å². The van der Waals surface area contributed by atoms with Gasteiger partial charge in [-0.15, -0.1) is 0 Å². The van der Waals surface area contributed by atoms with Crippen LogP contribution in [0.3, 0.4) is 0 Å². The lowest BCUT2D eigenvalue weighted by Crippen LogP contribution is -2.58. The van der Waals surface area contributed by atoms with Crippen molar-refractivity contribution in [3.63, 3.8) is 0 Å². The van der Waals surface area contributed by atoms with E-state index in [-0.39, 0.29) is 75.4 Å². The molecule has 1 unspecified atom stereocenters. The van der Waals surface area contributed by atoms with E-state index in [9.17, 15) is 72.8 Å². The molecular weight excluding hydrogens is 1110 g/mol. The van der Waals surface area contributed by atoms with Crippen LogP contribution in [0.15, 0.2) is 0 Å². The zero-order valence-corrected chi connectivity index (χ0v) is 51.4. The average molecular weight is 1210 g/mol. The van der Waals surface area contributed by atoms with E-state index in [1.54, 1.807) is 16.8 Å². The van der Waals surface area contributed by atoms with E-state index in [0.29, 0.717) is 70.4 Å². The lowest BCUT2D eigenvalue weighted by Gasteiger charge is -2.46. The van der Waals surface area contributed by atoms with E-state index >= 15 is 0 Å². The van der Waals surface area contributed by atoms with Crippen LogP contribution in [-0.2, 0) is 52.1 Å². The fraction of sp³-hybridized carbons (Fsp3) is 0.889. The minimum atomic E-state index is -4.29. The van der Waals surface area contributed by atoms with Crippen LogP contribution in [0.5, 0.6) is 0 Å². The van der Waals surface area contributed by atoms with Crippen LogP contribution in [0.25, 0.3) is 0 Å². The second-order valence-corrected chi connectivity index (χ2v) is 26.2. The summed E-state index contributed by atoms with van der Waals surface area (Å²) in [7, 11) is -4.62. The Morgan fingerprint density at radius 2 is 0.817 bits per heavy atom. The van der Waals surface area contributed by atoms with E-state index in [1.807, 2.05) is 9.80 Å². The number of carboxylic acid groups (broad SMARTS) is 3. The molecule has 0 bridgehead atoms. The number of unbranched alkanes of at least 4 members (excludes halogenated alkanes) is 2. The maximum Gasteiger partial charge on any atom is 0.339 e. The fourth-order valence-corrected chi connectivity index (χ4v) is 15.2. The minimum Gasteiger partial charge on any atom is -0.480 e. The molecule has 4 aliphatic rings. The van der Waals surface area contributed by atoms with Crippen molar-refractivity contribution in [2.45, 2.75) is 198 Å². The number of nitrogens with zero attached hydrogens (tertiary/aromatic N) is 8. The highest BCUT2D eigenvalue weighted by atomic mass is 31.2. The van der Waals surface area contributed by atoms with Crippen molar-refractivity contribution in [2.24, 2.45) is 5.92 Å². The number of rotatable bonds is 40. The Bertz CT molecular complexity index is 1950. The van der Waals surface area contributed by atoms with Crippen molar-refractivity contribution in [1.29, 1.82) is 0 Å². The van der Waals surface area contributed by atoms with Gasteiger partial charge in [0.25, 0.3) is 19.4 Å². The predicted molar refractivity (Wildman–Crippen MR) is 306 cm³/mol. The summed E-state index contributed by atoms with van der Waals surface area (Å²) in [5.41, 5.74) is 0. The molecule has 0 amide bonds. The Labute approximate surface area is 486 Å². The van der Waals surface area contributed by atoms with Gasteiger partial charge in [0.15, 0.2) is 0 Å². The van der Waals surface area contributed by atoms with Gasteiger partial charge >= 0.3 is 33.1 Å². The van der Waals surface area contributed by atoms with Crippen molar-refractivity contribution < 1.29 is 87.0 Å². The molecule has 4 saturated carbocycles. The largest absolute Gasteiger partial charge is 0.480 e. The highest BCUT2D eigenvalue weighted by Crippen LogP contribution is 2.41. The van der Waals surface area contributed by atoms with Crippen LogP contribution in [-0.4, -0.2) is 266 Å². The molecule has 82 heavy (non-hydrogen) atoms. The molecule has 28 heteroatoms. The maximum absolute atomic E-state index is 12.2. The second-order valence-electron chi connectivity index (χ2n) is 23.0. The molecule has 0 radical (unpaired) electrons. The SMILES string of the molecule is CCCCCC(CN(COC=O)[C@@H]1CCCC[C@H]1N(COC=O)COC=O)CN(CC(=O)O)[C@H]1CCCC[C@@H]1N(CC(=O)O)CC(=O)O.CCN(C)[C@@H]1CCCC[C@H]1N(CC)CCN(CP(=O)(O)O)[C@H]1CCCC[C@@H]1N(C)CP(=O)(O)O. The topological polar surface area (TPSA) is 332 Å². The van der Waals surface area contributed by atoms with Crippen molar-refractivity contribution in [3.8, 4) is 0 Å². The zero-order chi connectivity index (χ0) is 60.8. The Balaban J connectivity index is 0.000000456. The molecule has 0 aromatic carbocycles. The van der Waals surface area contributed by atoms with Crippen LogP contribution in [0, 0.1) is 5.92 Å². The van der Waals surface area contributed by atoms with Crippen LogP contribution in [0.4, 0.5) is 0 Å². The predicted octanol–water partition coefficient (Wildman–Crippen LogP) is 4.05. The van der Waals surface area contributed by atoms with Gasteiger partial charge in [-0.1, -0.05) is 91.4 Å². The number of carbonyl (C=O) groups excluding carboxylic acids is 3. The number of ether oxygens (including phenoxy) is 3. The third-order valence-corrected chi connectivity index (χ3v) is 18.8. The van der Waals surface area contributed by atoms with E-state index in [0.717, 1.165) is 110 Å². The molecule has 0 heterocycles. The summed E-state index contributed by atoms with van der Waals surface area (Å²) < 4.78 is 39.1. The number of hydrogen-bond donors (Lipinski definition) is 7. The van der Waals surface area contributed by atoms with Gasteiger partial charge in [0.1, 0.15) is 32.8 Å². The normalized spacial score (nSPS) is 24.2. The smallest absolute Gasteiger partial charge is 0.339 e. The van der Waals surface area contributed by atoms with Crippen LogP contribution < -0.4 is 0 Å². The van der Waals surface area contributed by atoms with Crippen molar-refractivity contribution in [1.82, 2.24) is 39.2 Å². The first-order valence-corrected chi connectivity index (χ1v) is 33.3. The molecule has 0 aromatic heterocycles. The average Bonchev–Trinajstić information content (AvgIpc) is 3.43. The first-order chi connectivity index (χ1) is 39.0. The number of carboxylic acids is 3. The molecule has 7 N–H and O–H groups in total. The summed E-state index contributed by atoms with van der Waals surface area (Å²) in [5.74, 6) is -3.43. The monoisotopic (exact) mass is 1210 g/mol. The van der Waals surface area contributed by atoms with E-state index in [2.05, 4.69) is 42.5 Å². The molecule has 4 rings (SSSR count). The molecule has 476 valence electrons. The van der Waals surface area contributed by atoms with E-state index in [4.69, 9.17) is 14.2 Å². The lowest BCUT2D eigenvalue weighted by molar-refractivity contribution is -0.151. The highest BCUT2D eigenvalue weighted by Gasteiger charge is 2.41. The molecule has 0 aromatic rings. The first-order valence-electron chi connectivity index (χ1n) is 29.8. The summed E-state index contributed by atoms with van der Waals surface area (Å²) in [6.07, 6.45) is 17.0. The molecule has 0 spiro atoms. The highest BCUT2D eigenvalue weighted by molar-refractivity contribution is 7.51. The van der Waals surface area contributed by atoms with Gasteiger partial charge in [0.05, 0.1) is 19.6 Å². The zero-order valence-electron chi connectivity index (χ0n) is 49.6. The molecule has 4 aliphatic carbocycles. The Morgan fingerprint density at radius 1 is 0.463 bits per heavy atom. The lowest BCUT2D eigenvalue weighted by atomic mass is 9.86. The molecule has 4 fully saturated rings. The van der Waals surface area contributed by atoms with Gasteiger partial charge < -0.3 is 54.0 Å². The van der Waals surface area contributed by atoms with Crippen molar-refractivity contribution in [3.05, 3.63) is 0 Å². The number of aliphatic carboxylic acids is 3. The van der Waals surface area contributed by atoms with E-state index in [1.165, 1.54) is 24.2 Å². The summed E-state index contributed by atoms with van der Waals surface area (Å²) in [5, 5.41) is 29.2. The Kier molecular flexibility index (Phi) is 34.5. The van der Waals surface area contributed by atoms with Gasteiger partial charge in [-0.2, -0.15) is 0 Å². The molecule has 9 atom stereocenters. The molecule has 0 aliphatic heterocycles. The van der Waals surface area contributed by atoms with Crippen LogP contribution in [0.2, 0.25) is 0 Å². The van der Waals surface area contributed by atoms with Crippen molar-refractivity contribution in [2.75, 3.05) is 106 Å². The van der Waals surface area contributed by atoms with Gasteiger partial charge in [0.2, 0.25) is 0 Å². The summed E-state index contributed by atoms with van der Waals surface area (Å²) in [4.78, 5) is 123. The summed E-state index contributed by atoms with van der Waals surface area (Å²) in [6, 6.07) is -0.568. The number of likely N-dealkylation sites (N-methyl/N-ethyl adjacent to an activating group) is 3. The Morgan fingerprint density at radius 3 is 1.23 bits per heavy atom. The van der Waals surface area contributed by atoms with Crippen LogP contribution >= 0.6 is 15.2 Å². The van der Waals surface area contributed by atoms with Crippen molar-refractivity contribution >= 4 is 52.5 Å². The minimum absolute atomic E-state index is 0.0259. The molecule has 0 saturated heterocycles.